The average Bonchev–Trinajstić information content (AvgIpc) is 2.10. The maximum absolute atomic E-state index is 9.21. The molecule has 0 aliphatic rings. The minimum absolute atomic E-state index is 0.167. The van der Waals surface area contributed by atoms with E-state index in [4.69, 9.17) is 5.11 Å². The molecule has 3 N–H and O–H groups in total. The van der Waals surface area contributed by atoms with Crippen molar-refractivity contribution in [3.8, 4) is 0 Å². The molecule has 0 aliphatic heterocycles. The first-order chi connectivity index (χ1) is 6.47. The predicted octanol–water partition coefficient (Wildman–Crippen LogP) is 1.000. The fraction of sp³-hybridized carbons (Fsp3) is 1.00. The minimum atomic E-state index is -0.636. The second-order valence-electron chi connectivity index (χ2n) is 4.72. The number of hydrogen-bond donors (Lipinski definition) is 3. The van der Waals surface area contributed by atoms with E-state index in [1.165, 1.54) is 0 Å². The molecular weight excluding hydrogens is 178 g/mol. The van der Waals surface area contributed by atoms with Gasteiger partial charge in [-0.2, -0.15) is 0 Å². The lowest BCUT2D eigenvalue weighted by Gasteiger charge is -2.25. The van der Waals surface area contributed by atoms with Gasteiger partial charge in [-0.1, -0.05) is 27.7 Å². The molecule has 0 aromatic carbocycles. The van der Waals surface area contributed by atoms with Crippen LogP contribution in [0.3, 0.4) is 0 Å². The summed E-state index contributed by atoms with van der Waals surface area (Å²) in [5.74, 6) is 1.21. The van der Waals surface area contributed by atoms with E-state index in [9.17, 15) is 5.11 Å². The van der Waals surface area contributed by atoms with Crippen LogP contribution in [0.25, 0.3) is 0 Å². The Hall–Kier alpha value is -0.120. The Morgan fingerprint density at radius 3 is 2.07 bits per heavy atom. The van der Waals surface area contributed by atoms with E-state index >= 15 is 0 Å². The Morgan fingerprint density at radius 1 is 1.14 bits per heavy atom. The van der Waals surface area contributed by atoms with Gasteiger partial charge in [0, 0.05) is 12.6 Å². The van der Waals surface area contributed by atoms with Crippen LogP contribution in [0.2, 0.25) is 0 Å². The summed E-state index contributed by atoms with van der Waals surface area (Å²) in [7, 11) is 0. The molecule has 0 amide bonds. The summed E-state index contributed by atoms with van der Waals surface area (Å²) in [5, 5.41) is 21.2. The van der Waals surface area contributed by atoms with E-state index in [1.807, 2.05) is 0 Å². The van der Waals surface area contributed by atoms with E-state index in [2.05, 4.69) is 33.0 Å². The number of rotatable bonds is 7. The highest BCUT2D eigenvalue weighted by atomic mass is 16.3. The first-order valence-electron chi connectivity index (χ1n) is 5.49. The molecule has 2 unspecified atom stereocenters. The fourth-order valence-corrected chi connectivity index (χ4v) is 1.45. The quantitative estimate of drug-likeness (QED) is 0.578. The van der Waals surface area contributed by atoms with Gasteiger partial charge < -0.3 is 15.5 Å². The zero-order valence-electron chi connectivity index (χ0n) is 9.83. The highest BCUT2D eigenvalue weighted by Crippen LogP contribution is 2.12. The van der Waals surface area contributed by atoms with E-state index in [0.29, 0.717) is 24.4 Å². The molecule has 14 heavy (non-hydrogen) atoms. The van der Waals surface area contributed by atoms with E-state index in [-0.39, 0.29) is 6.61 Å². The van der Waals surface area contributed by atoms with Crippen molar-refractivity contribution < 1.29 is 10.2 Å². The van der Waals surface area contributed by atoms with Gasteiger partial charge in [-0.15, -0.1) is 0 Å². The lowest BCUT2D eigenvalue weighted by molar-refractivity contribution is 0.0890. The predicted molar refractivity (Wildman–Crippen MR) is 59.2 cm³/mol. The van der Waals surface area contributed by atoms with Crippen molar-refractivity contribution in [3.63, 3.8) is 0 Å². The molecule has 0 fully saturated rings. The Kier molecular flexibility index (Phi) is 7.15. The second kappa shape index (κ2) is 7.21. The van der Waals surface area contributed by atoms with Gasteiger partial charge in [-0.3, -0.25) is 0 Å². The van der Waals surface area contributed by atoms with Gasteiger partial charge in [0.1, 0.15) is 0 Å². The van der Waals surface area contributed by atoms with Crippen molar-refractivity contribution in [2.45, 2.75) is 46.3 Å². The molecule has 3 heteroatoms. The largest absolute Gasteiger partial charge is 0.394 e. The summed E-state index contributed by atoms with van der Waals surface area (Å²) in [6.07, 6.45) is 0.471. The summed E-state index contributed by atoms with van der Waals surface area (Å²) < 4.78 is 0. The Labute approximate surface area is 87.5 Å². The third-order valence-electron chi connectivity index (χ3n) is 2.36. The van der Waals surface area contributed by atoms with E-state index < -0.39 is 6.10 Å². The molecule has 0 rings (SSSR count). The van der Waals surface area contributed by atoms with Crippen LogP contribution >= 0.6 is 0 Å². The maximum Gasteiger partial charge on any atom is 0.0895 e. The van der Waals surface area contributed by atoms with Gasteiger partial charge in [0.05, 0.1) is 12.7 Å². The second-order valence-corrected chi connectivity index (χ2v) is 4.72. The lowest BCUT2D eigenvalue weighted by atomic mass is 9.94. The van der Waals surface area contributed by atoms with Crippen LogP contribution < -0.4 is 5.32 Å². The Balaban J connectivity index is 3.85. The van der Waals surface area contributed by atoms with E-state index in [1.54, 1.807) is 0 Å². The molecule has 0 aromatic rings. The van der Waals surface area contributed by atoms with Crippen molar-refractivity contribution in [2.24, 2.45) is 11.8 Å². The van der Waals surface area contributed by atoms with Crippen molar-refractivity contribution in [2.75, 3.05) is 13.2 Å². The molecule has 0 heterocycles. The summed E-state index contributed by atoms with van der Waals surface area (Å²) in [6.45, 7) is 9.04. The van der Waals surface area contributed by atoms with E-state index in [0.717, 1.165) is 6.42 Å². The smallest absolute Gasteiger partial charge is 0.0895 e. The lowest BCUT2D eigenvalue weighted by Crippen LogP contribution is -2.40. The molecule has 0 aromatic heterocycles. The molecule has 0 radical (unpaired) electrons. The third kappa shape index (κ3) is 6.35. The van der Waals surface area contributed by atoms with Gasteiger partial charge in [-0.25, -0.2) is 0 Å². The Bertz CT molecular complexity index is 137. The highest BCUT2D eigenvalue weighted by molar-refractivity contribution is 4.73. The van der Waals surface area contributed by atoms with Gasteiger partial charge >= 0.3 is 0 Å². The Morgan fingerprint density at radius 2 is 1.71 bits per heavy atom. The number of aliphatic hydroxyl groups is 2. The molecule has 0 spiro atoms. The summed E-state index contributed by atoms with van der Waals surface area (Å²) in [5.41, 5.74) is 0. The first-order valence-corrected chi connectivity index (χ1v) is 5.49. The molecule has 0 bridgehead atoms. The molecular formula is C11H25NO2. The van der Waals surface area contributed by atoms with Crippen molar-refractivity contribution in [3.05, 3.63) is 0 Å². The number of aliphatic hydroxyl groups excluding tert-OH is 2. The van der Waals surface area contributed by atoms with Crippen LogP contribution in [0.15, 0.2) is 0 Å². The molecule has 2 atom stereocenters. The van der Waals surface area contributed by atoms with Crippen LogP contribution in [0.4, 0.5) is 0 Å². The fourth-order valence-electron chi connectivity index (χ4n) is 1.45. The monoisotopic (exact) mass is 203 g/mol. The van der Waals surface area contributed by atoms with Gasteiger partial charge in [0.25, 0.3) is 0 Å². The average molecular weight is 203 g/mol. The summed E-state index contributed by atoms with van der Waals surface area (Å²) in [4.78, 5) is 0. The summed E-state index contributed by atoms with van der Waals surface area (Å²) >= 11 is 0. The van der Waals surface area contributed by atoms with Crippen molar-refractivity contribution in [1.82, 2.24) is 5.32 Å². The minimum Gasteiger partial charge on any atom is -0.394 e. The van der Waals surface area contributed by atoms with Crippen LogP contribution in [0.1, 0.15) is 34.1 Å². The summed E-state index contributed by atoms with van der Waals surface area (Å²) in [6, 6.07) is 0.427. The molecule has 0 saturated heterocycles. The topological polar surface area (TPSA) is 52.5 Å². The maximum atomic E-state index is 9.21. The van der Waals surface area contributed by atoms with Crippen LogP contribution in [0.5, 0.6) is 0 Å². The SMILES string of the molecule is CC(C)CC(NCC(O)CO)C(C)C. The molecule has 0 aliphatic carbocycles. The van der Waals surface area contributed by atoms with Gasteiger partial charge in [0.15, 0.2) is 0 Å². The normalized spacial score (nSPS) is 16.3. The molecule has 0 saturated carbocycles. The van der Waals surface area contributed by atoms with Crippen LogP contribution in [-0.4, -0.2) is 35.5 Å². The zero-order chi connectivity index (χ0) is 11.1. The standard InChI is InChI=1S/C11H25NO2/c1-8(2)5-11(9(3)4)12-6-10(14)7-13/h8-14H,5-7H2,1-4H3. The van der Waals surface area contributed by atoms with Crippen molar-refractivity contribution >= 4 is 0 Å². The van der Waals surface area contributed by atoms with Crippen molar-refractivity contribution in [1.29, 1.82) is 0 Å². The van der Waals surface area contributed by atoms with Gasteiger partial charge in [0.2, 0.25) is 0 Å². The first kappa shape index (κ1) is 13.9. The van der Waals surface area contributed by atoms with Crippen LogP contribution in [-0.2, 0) is 0 Å². The van der Waals surface area contributed by atoms with Crippen LogP contribution in [0, 0.1) is 11.8 Å². The highest BCUT2D eigenvalue weighted by Gasteiger charge is 2.15. The van der Waals surface area contributed by atoms with Gasteiger partial charge in [-0.05, 0) is 18.3 Å². The third-order valence-corrected chi connectivity index (χ3v) is 2.36. The zero-order valence-corrected chi connectivity index (χ0v) is 9.83. The number of hydrogen-bond acceptors (Lipinski definition) is 3. The molecule has 86 valence electrons. The molecule has 3 nitrogen and oxygen atoms in total. The number of nitrogens with one attached hydrogen (secondary N) is 1.